The van der Waals surface area contributed by atoms with Gasteiger partial charge in [-0.3, -0.25) is 25.2 Å². The Hall–Kier alpha value is -3.94. The van der Waals surface area contributed by atoms with Crippen molar-refractivity contribution < 1.29 is 14.3 Å². The van der Waals surface area contributed by atoms with E-state index in [0.29, 0.717) is 29.5 Å². The molecular formula is C22H22N4O4. The Morgan fingerprint density at radius 1 is 1.07 bits per heavy atom. The summed E-state index contributed by atoms with van der Waals surface area (Å²) in [5, 5.41) is 5.01. The maximum Gasteiger partial charge on any atom is 0.290 e. The van der Waals surface area contributed by atoms with Crippen LogP contribution in [0.4, 0.5) is 0 Å². The van der Waals surface area contributed by atoms with Crippen LogP contribution >= 0.6 is 0 Å². The average Bonchev–Trinajstić information content (AvgIpc) is 2.78. The van der Waals surface area contributed by atoms with Gasteiger partial charge in [-0.25, -0.2) is 4.68 Å². The number of methoxy groups -OCH3 is 1. The second-order valence-electron chi connectivity index (χ2n) is 6.44. The molecule has 2 N–H and O–H groups in total. The molecule has 0 aliphatic heterocycles. The highest BCUT2D eigenvalue weighted by Gasteiger charge is 2.16. The standard InChI is InChI=1S/C22H22N4O4/c1-3-14-26-22(29)17-10-6-5-9-16(17)20(25-26)21(28)24-23-19(27)13-12-15-8-4-7-11-18(15)30-2/h4-13H,3,14H2,1-2H3,(H,23,27)(H,24,28)/b13-12+. The summed E-state index contributed by atoms with van der Waals surface area (Å²) in [6, 6.07) is 14.0. The monoisotopic (exact) mass is 406 g/mol. The normalized spacial score (nSPS) is 10.9. The second-order valence-corrected chi connectivity index (χ2v) is 6.44. The molecular weight excluding hydrogens is 384 g/mol. The highest BCUT2D eigenvalue weighted by Crippen LogP contribution is 2.18. The molecule has 0 saturated heterocycles. The van der Waals surface area contributed by atoms with Crippen LogP contribution in [0, 0.1) is 0 Å². The number of nitrogens with zero attached hydrogens (tertiary/aromatic N) is 2. The zero-order valence-corrected chi connectivity index (χ0v) is 16.7. The summed E-state index contributed by atoms with van der Waals surface area (Å²) in [5.74, 6) is -0.519. The molecule has 30 heavy (non-hydrogen) atoms. The Morgan fingerprint density at radius 2 is 1.77 bits per heavy atom. The summed E-state index contributed by atoms with van der Waals surface area (Å²) >= 11 is 0. The van der Waals surface area contributed by atoms with Gasteiger partial charge in [0.1, 0.15) is 5.75 Å². The van der Waals surface area contributed by atoms with Gasteiger partial charge >= 0.3 is 0 Å². The van der Waals surface area contributed by atoms with Crippen molar-refractivity contribution in [3.63, 3.8) is 0 Å². The number of aryl methyl sites for hydroxylation is 1. The number of carbonyl (C=O) groups excluding carboxylic acids is 2. The number of rotatable bonds is 6. The van der Waals surface area contributed by atoms with Crippen LogP contribution < -0.4 is 21.1 Å². The topological polar surface area (TPSA) is 102 Å². The molecule has 0 bridgehead atoms. The maximum absolute atomic E-state index is 12.7. The van der Waals surface area contributed by atoms with E-state index in [9.17, 15) is 14.4 Å². The van der Waals surface area contributed by atoms with Crippen LogP contribution in [-0.4, -0.2) is 28.7 Å². The molecule has 1 aromatic heterocycles. The number of para-hydroxylation sites is 1. The van der Waals surface area contributed by atoms with Gasteiger partial charge in [0.15, 0.2) is 5.69 Å². The van der Waals surface area contributed by atoms with Crippen LogP contribution in [0.15, 0.2) is 59.4 Å². The fraction of sp³-hybridized carbons (Fsp3) is 0.182. The van der Waals surface area contributed by atoms with Gasteiger partial charge < -0.3 is 4.74 Å². The lowest BCUT2D eigenvalue weighted by Gasteiger charge is -2.11. The van der Waals surface area contributed by atoms with Crippen LogP contribution in [0.25, 0.3) is 16.8 Å². The molecule has 8 heteroatoms. The molecule has 8 nitrogen and oxygen atoms in total. The molecule has 0 spiro atoms. The number of aromatic nitrogens is 2. The van der Waals surface area contributed by atoms with Crippen LogP contribution in [-0.2, 0) is 11.3 Å². The fourth-order valence-electron chi connectivity index (χ4n) is 2.96. The maximum atomic E-state index is 12.7. The number of hydrogen-bond acceptors (Lipinski definition) is 5. The van der Waals surface area contributed by atoms with Gasteiger partial charge in [0.05, 0.1) is 12.5 Å². The first-order chi connectivity index (χ1) is 14.5. The van der Waals surface area contributed by atoms with Crippen molar-refractivity contribution in [2.75, 3.05) is 7.11 Å². The van der Waals surface area contributed by atoms with E-state index in [-0.39, 0.29) is 11.3 Å². The molecule has 0 radical (unpaired) electrons. The van der Waals surface area contributed by atoms with E-state index in [1.54, 1.807) is 49.6 Å². The first-order valence-corrected chi connectivity index (χ1v) is 9.46. The first kappa shape index (κ1) is 20.8. The Kier molecular flexibility index (Phi) is 6.59. The van der Waals surface area contributed by atoms with E-state index in [1.165, 1.54) is 10.8 Å². The number of fused-ring (bicyclic) bond motifs is 1. The smallest absolute Gasteiger partial charge is 0.290 e. The van der Waals surface area contributed by atoms with Gasteiger partial charge in [0.25, 0.3) is 17.4 Å². The van der Waals surface area contributed by atoms with Crippen molar-refractivity contribution in [1.82, 2.24) is 20.6 Å². The van der Waals surface area contributed by atoms with Crippen LogP contribution in [0.5, 0.6) is 5.75 Å². The largest absolute Gasteiger partial charge is 0.496 e. The zero-order valence-electron chi connectivity index (χ0n) is 16.7. The lowest BCUT2D eigenvalue weighted by Crippen LogP contribution is -2.42. The van der Waals surface area contributed by atoms with Crippen LogP contribution in [0.3, 0.4) is 0 Å². The van der Waals surface area contributed by atoms with E-state index < -0.39 is 11.8 Å². The van der Waals surface area contributed by atoms with Gasteiger partial charge in [-0.2, -0.15) is 5.10 Å². The van der Waals surface area contributed by atoms with Gasteiger partial charge in [-0.15, -0.1) is 0 Å². The quantitative estimate of drug-likeness (QED) is 0.483. The Bertz CT molecular complexity index is 1170. The summed E-state index contributed by atoms with van der Waals surface area (Å²) in [6.45, 7) is 2.30. The third-order valence-electron chi connectivity index (χ3n) is 4.37. The Morgan fingerprint density at radius 3 is 2.50 bits per heavy atom. The number of amides is 2. The lowest BCUT2D eigenvalue weighted by atomic mass is 10.1. The summed E-state index contributed by atoms with van der Waals surface area (Å²) in [6.07, 6.45) is 3.55. The minimum absolute atomic E-state index is 0.0626. The molecule has 0 unspecified atom stereocenters. The minimum Gasteiger partial charge on any atom is -0.496 e. The molecule has 0 saturated carbocycles. The number of hydrogen-bond donors (Lipinski definition) is 2. The molecule has 0 atom stereocenters. The third kappa shape index (κ3) is 4.54. The van der Waals surface area contributed by atoms with Gasteiger partial charge in [-0.1, -0.05) is 43.3 Å². The predicted octanol–water partition coefficient (Wildman–Crippen LogP) is 2.29. The van der Waals surface area contributed by atoms with Crippen LogP contribution in [0.1, 0.15) is 29.4 Å². The van der Waals surface area contributed by atoms with Crippen molar-refractivity contribution in [3.05, 3.63) is 76.2 Å². The van der Waals surface area contributed by atoms with Crippen molar-refractivity contribution in [1.29, 1.82) is 0 Å². The molecule has 0 fully saturated rings. The first-order valence-electron chi connectivity index (χ1n) is 9.46. The number of hydrazine groups is 1. The fourth-order valence-corrected chi connectivity index (χ4v) is 2.96. The lowest BCUT2D eigenvalue weighted by molar-refractivity contribution is -0.117. The highest BCUT2D eigenvalue weighted by atomic mass is 16.5. The predicted molar refractivity (Wildman–Crippen MR) is 114 cm³/mol. The van der Waals surface area contributed by atoms with Crippen LogP contribution in [0.2, 0.25) is 0 Å². The van der Waals surface area contributed by atoms with E-state index in [4.69, 9.17) is 4.74 Å². The molecule has 2 aromatic carbocycles. The van der Waals surface area contributed by atoms with Crippen molar-refractivity contribution >= 4 is 28.7 Å². The average molecular weight is 406 g/mol. The van der Waals surface area contributed by atoms with E-state index in [1.807, 2.05) is 19.1 Å². The summed E-state index contributed by atoms with van der Waals surface area (Å²) in [4.78, 5) is 37.3. The molecule has 154 valence electrons. The number of ether oxygens (including phenoxy) is 1. The van der Waals surface area contributed by atoms with Gasteiger partial charge in [-0.05, 0) is 24.6 Å². The molecule has 0 aliphatic carbocycles. The summed E-state index contributed by atoms with van der Waals surface area (Å²) < 4.78 is 6.49. The van der Waals surface area contributed by atoms with Crippen molar-refractivity contribution in [2.45, 2.75) is 19.9 Å². The van der Waals surface area contributed by atoms with E-state index in [2.05, 4.69) is 16.0 Å². The summed E-state index contributed by atoms with van der Waals surface area (Å²) in [7, 11) is 1.54. The zero-order chi connectivity index (χ0) is 21.5. The van der Waals surface area contributed by atoms with Gasteiger partial charge in [0.2, 0.25) is 0 Å². The minimum atomic E-state index is -0.616. The number of carbonyl (C=O) groups is 2. The van der Waals surface area contributed by atoms with Crippen molar-refractivity contribution in [3.8, 4) is 5.75 Å². The Balaban J connectivity index is 1.77. The SMILES string of the molecule is CCCn1nc(C(=O)NNC(=O)/C=C/c2ccccc2OC)c2ccccc2c1=O. The molecule has 1 heterocycles. The number of benzene rings is 2. The second kappa shape index (κ2) is 9.51. The van der Waals surface area contributed by atoms with E-state index >= 15 is 0 Å². The summed E-state index contributed by atoms with van der Waals surface area (Å²) in [5.41, 5.74) is 5.20. The molecule has 3 rings (SSSR count). The molecule has 2 amide bonds. The van der Waals surface area contributed by atoms with Crippen molar-refractivity contribution in [2.24, 2.45) is 0 Å². The third-order valence-corrected chi connectivity index (χ3v) is 4.37. The Labute approximate surface area is 173 Å². The van der Waals surface area contributed by atoms with E-state index in [0.717, 1.165) is 5.56 Å². The highest BCUT2D eigenvalue weighted by molar-refractivity contribution is 6.05. The number of nitrogens with one attached hydrogen (secondary N) is 2. The van der Waals surface area contributed by atoms with Gasteiger partial charge in [0, 0.05) is 23.6 Å². The molecule has 3 aromatic rings. The molecule has 0 aliphatic rings.